The number of aryl methyl sites for hydroxylation is 1. The van der Waals surface area contributed by atoms with Gasteiger partial charge in [-0.15, -0.1) is 0 Å². The number of aromatic nitrogens is 1. The highest BCUT2D eigenvalue weighted by atomic mass is 79.9. The summed E-state index contributed by atoms with van der Waals surface area (Å²) in [6, 6.07) is 10.8. The number of oxazole rings is 1. The molecular weight excluding hydrogens is 402 g/mol. The Morgan fingerprint density at radius 1 is 1.10 bits per heavy atom. The quantitative estimate of drug-likeness (QED) is 0.697. The minimum Gasteiger partial charge on any atom is -0.408 e. The van der Waals surface area contributed by atoms with Crippen LogP contribution < -0.4 is 5.76 Å². The summed E-state index contributed by atoms with van der Waals surface area (Å²) in [5.41, 5.74) is 2.58. The van der Waals surface area contributed by atoms with Crippen molar-refractivity contribution in [1.29, 1.82) is 0 Å². The zero-order valence-corrected chi connectivity index (χ0v) is 14.2. The lowest BCUT2D eigenvalue weighted by Gasteiger charge is -2.12. The molecule has 6 heteroatoms. The largest absolute Gasteiger partial charge is 0.419 e. The number of nitrogens with zero attached hydrogens (tertiary/aromatic N) is 1. The van der Waals surface area contributed by atoms with Gasteiger partial charge in [0.25, 0.3) is 0 Å². The van der Waals surface area contributed by atoms with Gasteiger partial charge in [-0.25, -0.2) is 4.79 Å². The van der Waals surface area contributed by atoms with Gasteiger partial charge in [0.15, 0.2) is 5.58 Å². The molecule has 0 fully saturated rings. The number of rotatable bonds is 2. The van der Waals surface area contributed by atoms with E-state index in [4.69, 9.17) is 4.42 Å². The molecule has 4 nitrogen and oxygen atoms in total. The van der Waals surface area contributed by atoms with Crippen LogP contribution in [0.15, 0.2) is 54.6 Å². The van der Waals surface area contributed by atoms with Crippen molar-refractivity contribution in [2.45, 2.75) is 6.10 Å². The zero-order valence-electron chi connectivity index (χ0n) is 11.0. The number of hydrogen-bond donors (Lipinski definition) is 1. The summed E-state index contributed by atoms with van der Waals surface area (Å²) in [5, 5.41) is 10.5. The maximum Gasteiger partial charge on any atom is 0.419 e. The number of benzene rings is 2. The number of aliphatic hydroxyl groups is 1. The van der Waals surface area contributed by atoms with Crippen LogP contribution >= 0.6 is 31.9 Å². The molecule has 21 heavy (non-hydrogen) atoms. The fourth-order valence-electron chi connectivity index (χ4n) is 2.25. The highest BCUT2D eigenvalue weighted by molar-refractivity contribution is 9.11. The summed E-state index contributed by atoms with van der Waals surface area (Å²) in [7, 11) is 1.65. The molecule has 0 amide bonds. The molecule has 0 aliphatic carbocycles. The van der Waals surface area contributed by atoms with E-state index in [1.807, 2.05) is 18.2 Å². The Labute approximate surface area is 137 Å². The standard InChI is InChI=1S/C15H11Br2NO3/c1-18-12-3-2-8(6-13(12)21-15(18)20)14(19)9-4-10(16)7-11(17)5-9/h2-7,14,19H,1H3. The van der Waals surface area contributed by atoms with Gasteiger partial charge in [-0.2, -0.15) is 0 Å². The lowest BCUT2D eigenvalue weighted by molar-refractivity contribution is 0.220. The van der Waals surface area contributed by atoms with Crippen molar-refractivity contribution in [2.75, 3.05) is 0 Å². The third kappa shape index (κ3) is 2.71. The van der Waals surface area contributed by atoms with Crippen LogP contribution in [0, 0.1) is 0 Å². The monoisotopic (exact) mass is 411 g/mol. The molecule has 0 bridgehead atoms. The average molecular weight is 413 g/mol. The van der Waals surface area contributed by atoms with E-state index in [9.17, 15) is 9.90 Å². The summed E-state index contributed by atoms with van der Waals surface area (Å²) in [6.45, 7) is 0. The van der Waals surface area contributed by atoms with Gasteiger partial charge < -0.3 is 9.52 Å². The maximum atomic E-state index is 11.5. The highest BCUT2D eigenvalue weighted by Crippen LogP contribution is 2.29. The van der Waals surface area contributed by atoms with Gasteiger partial charge in [0.2, 0.25) is 0 Å². The second-order valence-electron chi connectivity index (χ2n) is 4.76. The molecule has 1 unspecified atom stereocenters. The predicted octanol–water partition coefficient (Wildman–Crippen LogP) is 3.74. The molecule has 0 saturated heterocycles. The summed E-state index contributed by atoms with van der Waals surface area (Å²) < 4.78 is 8.33. The lowest BCUT2D eigenvalue weighted by Crippen LogP contribution is -2.08. The van der Waals surface area contributed by atoms with Crippen molar-refractivity contribution in [2.24, 2.45) is 7.05 Å². The highest BCUT2D eigenvalue weighted by Gasteiger charge is 2.14. The van der Waals surface area contributed by atoms with Crippen molar-refractivity contribution < 1.29 is 9.52 Å². The van der Waals surface area contributed by atoms with E-state index in [1.165, 1.54) is 4.57 Å². The van der Waals surface area contributed by atoms with Crippen LogP contribution in [0.2, 0.25) is 0 Å². The van der Waals surface area contributed by atoms with Gasteiger partial charge in [-0.1, -0.05) is 37.9 Å². The van der Waals surface area contributed by atoms with Crippen LogP contribution in [0.1, 0.15) is 17.2 Å². The van der Waals surface area contributed by atoms with E-state index in [2.05, 4.69) is 31.9 Å². The molecule has 3 aromatic rings. The fourth-order valence-corrected chi connectivity index (χ4v) is 3.58. The number of halogens is 2. The van der Waals surface area contributed by atoms with Crippen molar-refractivity contribution in [3.8, 4) is 0 Å². The third-order valence-corrected chi connectivity index (χ3v) is 4.25. The second-order valence-corrected chi connectivity index (χ2v) is 6.59. The Balaban J connectivity index is 2.08. The van der Waals surface area contributed by atoms with Crippen LogP contribution in [0.25, 0.3) is 11.1 Å². The van der Waals surface area contributed by atoms with Gasteiger partial charge in [0.05, 0.1) is 5.52 Å². The molecule has 3 rings (SSSR count). The molecule has 0 aliphatic heterocycles. The SMILES string of the molecule is Cn1c(=O)oc2cc(C(O)c3cc(Br)cc(Br)c3)ccc21. The molecule has 0 aliphatic rings. The Hall–Kier alpha value is -1.37. The predicted molar refractivity (Wildman–Crippen MR) is 87.4 cm³/mol. The van der Waals surface area contributed by atoms with Gasteiger partial charge >= 0.3 is 5.76 Å². The van der Waals surface area contributed by atoms with Crippen LogP contribution in [0.5, 0.6) is 0 Å². The van der Waals surface area contributed by atoms with Crippen molar-refractivity contribution in [3.05, 3.63) is 67.0 Å². The molecule has 0 saturated carbocycles. The minimum absolute atomic E-state index is 0.415. The number of fused-ring (bicyclic) bond motifs is 1. The number of aliphatic hydroxyl groups excluding tert-OH is 1. The van der Waals surface area contributed by atoms with E-state index in [1.54, 1.807) is 25.2 Å². The van der Waals surface area contributed by atoms with E-state index in [0.717, 1.165) is 14.5 Å². The Bertz CT molecular complexity index is 862. The van der Waals surface area contributed by atoms with Crippen molar-refractivity contribution >= 4 is 43.0 Å². The molecule has 2 aromatic carbocycles. The molecule has 0 spiro atoms. The average Bonchev–Trinajstić information content (AvgIpc) is 2.71. The fraction of sp³-hybridized carbons (Fsp3) is 0.133. The normalized spacial score (nSPS) is 12.8. The van der Waals surface area contributed by atoms with Crippen LogP contribution in [0.4, 0.5) is 0 Å². The first-order valence-electron chi connectivity index (χ1n) is 6.19. The third-order valence-electron chi connectivity index (χ3n) is 3.33. The molecule has 1 aromatic heterocycles. The van der Waals surface area contributed by atoms with E-state index in [0.29, 0.717) is 16.7 Å². The summed E-state index contributed by atoms with van der Waals surface area (Å²) in [5.74, 6) is -0.415. The van der Waals surface area contributed by atoms with Crippen LogP contribution in [-0.2, 0) is 7.05 Å². The molecule has 1 heterocycles. The van der Waals surface area contributed by atoms with E-state index in [-0.39, 0.29) is 0 Å². The maximum absolute atomic E-state index is 11.5. The topological polar surface area (TPSA) is 55.4 Å². The van der Waals surface area contributed by atoms with Crippen LogP contribution in [0.3, 0.4) is 0 Å². The lowest BCUT2D eigenvalue weighted by atomic mass is 10.0. The van der Waals surface area contributed by atoms with Gasteiger partial charge in [-0.3, -0.25) is 4.57 Å². The van der Waals surface area contributed by atoms with E-state index >= 15 is 0 Å². The summed E-state index contributed by atoms with van der Waals surface area (Å²) >= 11 is 6.80. The Morgan fingerprint density at radius 2 is 1.76 bits per heavy atom. The van der Waals surface area contributed by atoms with Gasteiger partial charge in [0.1, 0.15) is 6.10 Å². The Kier molecular flexibility index (Phi) is 3.77. The first-order valence-corrected chi connectivity index (χ1v) is 7.78. The van der Waals surface area contributed by atoms with Crippen LogP contribution in [-0.4, -0.2) is 9.67 Å². The molecule has 0 radical (unpaired) electrons. The number of hydrogen-bond acceptors (Lipinski definition) is 3. The van der Waals surface area contributed by atoms with Gasteiger partial charge in [-0.05, 0) is 41.5 Å². The summed E-state index contributed by atoms with van der Waals surface area (Å²) in [6.07, 6.45) is -0.797. The molecule has 1 N–H and O–H groups in total. The molecule has 108 valence electrons. The first-order chi connectivity index (χ1) is 9.95. The molecular formula is C15H11Br2NO3. The van der Waals surface area contributed by atoms with E-state index < -0.39 is 11.9 Å². The molecule has 1 atom stereocenters. The smallest absolute Gasteiger partial charge is 0.408 e. The van der Waals surface area contributed by atoms with Gasteiger partial charge in [0, 0.05) is 16.0 Å². The first kappa shape index (κ1) is 14.6. The summed E-state index contributed by atoms with van der Waals surface area (Å²) in [4.78, 5) is 11.5. The Morgan fingerprint density at radius 3 is 2.43 bits per heavy atom. The zero-order chi connectivity index (χ0) is 15.1. The second kappa shape index (κ2) is 5.44. The minimum atomic E-state index is -0.797. The van der Waals surface area contributed by atoms with Crippen molar-refractivity contribution in [3.63, 3.8) is 0 Å². The van der Waals surface area contributed by atoms with Crippen molar-refractivity contribution in [1.82, 2.24) is 4.57 Å².